The second kappa shape index (κ2) is 5.69. The number of sulfonamides is 1. The van der Waals surface area contributed by atoms with Crippen LogP contribution in [0.4, 0.5) is 0 Å². The van der Waals surface area contributed by atoms with Crippen molar-refractivity contribution >= 4 is 21.4 Å². The van der Waals surface area contributed by atoms with Gasteiger partial charge in [-0.15, -0.1) is 11.3 Å². The lowest BCUT2D eigenvalue weighted by Gasteiger charge is -2.17. The third kappa shape index (κ3) is 3.12. The molecule has 1 aromatic rings. The Labute approximate surface area is 112 Å². The van der Waals surface area contributed by atoms with Crippen molar-refractivity contribution in [2.24, 2.45) is 0 Å². The predicted molar refractivity (Wildman–Crippen MR) is 73.5 cm³/mol. The first-order chi connectivity index (χ1) is 8.50. The van der Waals surface area contributed by atoms with Crippen LogP contribution in [0.2, 0.25) is 0 Å². The molecule has 0 aromatic carbocycles. The molecule has 1 aromatic heterocycles. The Morgan fingerprint density at radius 1 is 1.61 bits per heavy atom. The van der Waals surface area contributed by atoms with Crippen molar-refractivity contribution in [3.8, 4) is 0 Å². The van der Waals surface area contributed by atoms with E-state index in [1.807, 2.05) is 31.4 Å². The molecular formula is C12H19NO3S2. The van der Waals surface area contributed by atoms with Crippen molar-refractivity contribution in [1.82, 2.24) is 4.72 Å². The molecule has 0 saturated carbocycles. The summed E-state index contributed by atoms with van der Waals surface area (Å²) in [7, 11) is -3.27. The minimum absolute atomic E-state index is 0.206. The predicted octanol–water partition coefficient (Wildman–Crippen LogP) is 1.95. The molecule has 0 aliphatic carbocycles. The monoisotopic (exact) mass is 289 g/mol. The first-order valence-electron chi connectivity index (χ1n) is 6.14. The minimum atomic E-state index is -3.27. The van der Waals surface area contributed by atoms with E-state index in [1.165, 1.54) is 4.88 Å². The van der Waals surface area contributed by atoms with Crippen LogP contribution in [0.15, 0.2) is 17.5 Å². The Morgan fingerprint density at radius 3 is 2.94 bits per heavy atom. The maximum absolute atomic E-state index is 12.1. The lowest BCUT2D eigenvalue weighted by atomic mass is 10.1. The Kier molecular flexibility index (Phi) is 4.42. The fraction of sp³-hybridized carbons (Fsp3) is 0.667. The van der Waals surface area contributed by atoms with Gasteiger partial charge in [0.05, 0.1) is 6.10 Å². The van der Waals surface area contributed by atoms with Crippen LogP contribution >= 0.6 is 11.3 Å². The normalized spacial score (nSPS) is 26.3. The summed E-state index contributed by atoms with van der Waals surface area (Å²) in [6.45, 7) is 4.84. The third-order valence-electron chi connectivity index (χ3n) is 3.32. The summed E-state index contributed by atoms with van der Waals surface area (Å²) in [6, 6.07) is 4.02. The quantitative estimate of drug-likeness (QED) is 0.901. The molecule has 0 amide bonds. The SMILES string of the molecule is C[C@H](CNS(=O)(=O)[C@H]1CCO[C@H]1C)c1cccs1. The first kappa shape index (κ1) is 14.0. The smallest absolute Gasteiger partial charge is 0.217 e. The van der Waals surface area contributed by atoms with Crippen LogP contribution in [0.25, 0.3) is 0 Å². The summed E-state index contributed by atoms with van der Waals surface area (Å²) < 4.78 is 32.3. The fourth-order valence-corrected chi connectivity index (χ4v) is 4.61. The number of thiophene rings is 1. The van der Waals surface area contributed by atoms with Gasteiger partial charge in [-0.2, -0.15) is 0 Å². The fourth-order valence-electron chi connectivity index (χ4n) is 2.14. The number of nitrogens with one attached hydrogen (secondary N) is 1. The first-order valence-corrected chi connectivity index (χ1v) is 8.57. The van der Waals surface area contributed by atoms with Gasteiger partial charge in [0.25, 0.3) is 0 Å². The molecule has 0 radical (unpaired) electrons. The Balaban J connectivity index is 1.93. The third-order valence-corrected chi connectivity index (χ3v) is 6.41. The zero-order valence-corrected chi connectivity index (χ0v) is 12.3. The summed E-state index contributed by atoms with van der Waals surface area (Å²) in [4.78, 5) is 1.20. The van der Waals surface area contributed by atoms with E-state index < -0.39 is 15.3 Å². The average molecular weight is 289 g/mol. The molecule has 1 N–H and O–H groups in total. The minimum Gasteiger partial charge on any atom is -0.377 e. The molecular weight excluding hydrogens is 270 g/mol. The molecule has 1 fully saturated rings. The van der Waals surface area contributed by atoms with E-state index >= 15 is 0 Å². The zero-order chi connectivity index (χ0) is 13.2. The van der Waals surface area contributed by atoms with Crippen LogP contribution in [-0.2, 0) is 14.8 Å². The number of hydrogen-bond acceptors (Lipinski definition) is 4. The molecule has 1 saturated heterocycles. The van der Waals surface area contributed by atoms with Gasteiger partial charge < -0.3 is 4.74 Å². The summed E-state index contributed by atoms with van der Waals surface area (Å²) in [5.41, 5.74) is 0. The van der Waals surface area contributed by atoms with Crippen molar-refractivity contribution in [1.29, 1.82) is 0 Å². The van der Waals surface area contributed by atoms with Gasteiger partial charge >= 0.3 is 0 Å². The van der Waals surface area contributed by atoms with E-state index in [0.717, 1.165) is 0 Å². The van der Waals surface area contributed by atoms with Crippen LogP contribution in [-0.4, -0.2) is 32.9 Å². The number of hydrogen-bond donors (Lipinski definition) is 1. The summed E-state index contributed by atoms with van der Waals surface area (Å²) in [5, 5.41) is 1.60. The molecule has 2 heterocycles. The molecule has 18 heavy (non-hydrogen) atoms. The van der Waals surface area contributed by atoms with Crippen molar-refractivity contribution in [2.75, 3.05) is 13.2 Å². The number of ether oxygens (including phenoxy) is 1. The molecule has 102 valence electrons. The molecule has 6 heteroatoms. The van der Waals surface area contributed by atoms with Gasteiger partial charge in [-0.25, -0.2) is 13.1 Å². The van der Waals surface area contributed by atoms with E-state index in [2.05, 4.69) is 4.72 Å². The summed E-state index contributed by atoms with van der Waals surface area (Å²) in [5.74, 6) is 0.206. The highest BCUT2D eigenvalue weighted by Gasteiger charge is 2.35. The average Bonchev–Trinajstić information content (AvgIpc) is 2.96. The van der Waals surface area contributed by atoms with Crippen LogP contribution in [0.3, 0.4) is 0 Å². The van der Waals surface area contributed by atoms with Gasteiger partial charge in [-0.3, -0.25) is 0 Å². The molecule has 2 rings (SSSR count). The van der Waals surface area contributed by atoms with Crippen molar-refractivity contribution in [3.05, 3.63) is 22.4 Å². The standard InChI is InChI=1S/C12H19NO3S2/c1-9(11-4-3-7-17-11)8-13-18(14,15)12-5-6-16-10(12)2/h3-4,7,9-10,12-13H,5-6,8H2,1-2H3/t9-,10+,12+/m1/s1. The highest BCUT2D eigenvalue weighted by atomic mass is 32.2. The zero-order valence-electron chi connectivity index (χ0n) is 10.6. The van der Waals surface area contributed by atoms with Crippen LogP contribution in [0.1, 0.15) is 31.1 Å². The van der Waals surface area contributed by atoms with Gasteiger partial charge in [0, 0.05) is 23.9 Å². The van der Waals surface area contributed by atoms with Crippen molar-refractivity contribution in [2.45, 2.75) is 37.5 Å². The Morgan fingerprint density at radius 2 is 2.39 bits per heavy atom. The van der Waals surface area contributed by atoms with Gasteiger partial charge in [-0.1, -0.05) is 13.0 Å². The molecule has 0 unspecified atom stereocenters. The second-order valence-electron chi connectivity index (χ2n) is 4.71. The Bertz CT molecular complexity index is 470. The van der Waals surface area contributed by atoms with Crippen LogP contribution in [0, 0.1) is 0 Å². The van der Waals surface area contributed by atoms with Gasteiger partial charge in [0.2, 0.25) is 10.0 Å². The largest absolute Gasteiger partial charge is 0.377 e. The number of rotatable bonds is 5. The molecule has 0 spiro atoms. The maximum atomic E-state index is 12.1. The molecule has 0 bridgehead atoms. The van der Waals surface area contributed by atoms with Crippen molar-refractivity contribution in [3.63, 3.8) is 0 Å². The van der Waals surface area contributed by atoms with E-state index in [1.54, 1.807) is 11.3 Å². The lowest BCUT2D eigenvalue weighted by Crippen LogP contribution is -2.39. The van der Waals surface area contributed by atoms with Gasteiger partial charge in [-0.05, 0) is 24.8 Å². The van der Waals surface area contributed by atoms with Gasteiger partial charge in [0.15, 0.2) is 0 Å². The highest BCUT2D eigenvalue weighted by Crippen LogP contribution is 2.22. The molecule has 1 aliphatic heterocycles. The second-order valence-corrected chi connectivity index (χ2v) is 7.68. The molecule has 4 nitrogen and oxygen atoms in total. The molecule has 3 atom stereocenters. The van der Waals surface area contributed by atoms with E-state index in [4.69, 9.17) is 4.74 Å². The van der Waals surface area contributed by atoms with Crippen LogP contribution in [0.5, 0.6) is 0 Å². The van der Waals surface area contributed by atoms with Crippen molar-refractivity contribution < 1.29 is 13.2 Å². The van der Waals surface area contributed by atoms with E-state index in [9.17, 15) is 8.42 Å². The van der Waals surface area contributed by atoms with E-state index in [0.29, 0.717) is 19.6 Å². The Hall–Kier alpha value is -0.430. The summed E-state index contributed by atoms with van der Waals surface area (Å²) >= 11 is 1.65. The lowest BCUT2D eigenvalue weighted by molar-refractivity contribution is 0.126. The van der Waals surface area contributed by atoms with E-state index in [-0.39, 0.29) is 12.0 Å². The summed E-state index contributed by atoms with van der Waals surface area (Å²) in [6.07, 6.45) is 0.378. The topological polar surface area (TPSA) is 55.4 Å². The maximum Gasteiger partial charge on any atom is 0.217 e. The van der Waals surface area contributed by atoms with Crippen LogP contribution < -0.4 is 4.72 Å². The highest BCUT2D eigenvalue weighted by molar-refractivity contribution is 7.90. The van der Waals surface area contributed by atoms with Gasteiger partial charge in [0.1, 0.15) is 5.25 Å². The molecule has 1 aliphatic rings.